The van der Waals surface area contributed by atoms with Crippen molar-refractivity contribution < 1.29 is 34.8 Å². The van der Waals surface area contributed by atoms with Gasteiger partial charge in [-0.05, 0) is 12.5 Å². The van der Waals surface area contributed by atoms with E-state index in [0.29, 0.717) is 5.57 Å². The van der Waals surface area contributed by atoms with E-state index in [2.05, 4.69) is 0 Å². The zero-order valence-electron chi connectivity index (χ0n) is 13.9. The van der Waals surface area contributed by atoms with Gasteiger partial charge in [-0.3, -0.25) is 14.4 Å². The number of Topliss-reactive ketones (excluding diaryl/α,β-unsaturated/α-hetero) is 3. The molecule has 0 aliphatic heterocycles. The molecule has 7 nitrogen and oxygen atoms in total. The molecule has 4 rings (SSSR count). The number of ketones is 3. The van der Waals surface area contributed by atoms with Crippen LogP contribution in [-0.2, 0) is 14.4 Å². The Morgan fingerprint density at radius 2 is 1.73 bits per heavy atom. The third-order valence-corrected chi connectivity index (χ3v) is 6.01. The van der Waals surface area contributed by atoms with E-state index in [0.717, 1.165) is 5.57 Å². The fourth-order valence-electron chi connectivity index (χ4n) is 4.62. The summed E-state index contributed by atoms with van der Waals surface area (Å²) in [6.45, 7) is 1.71. The van der Waals surface area contributed by atoms with Crippen molar-refractivity contribution in [2.45, 2.75) is 30.8 Å². The SMILES string of the molecule is CC1=C2C=CC=CC2C=C2C(=O)C3C(=O)C(O)C(=O)C(O)C3(O)C(O)C21. The highest BCUT2D eigenvalue weighted by Crippen LogP contribution is 2.50. The van der Waals surface area contributed by atoms with Gasteiger partial charge >= 0.3 is 0 Å². The Bertz CT molecular complexity index is 861. The molecule has 0 radical (unpaired) electrons. The molecule has 7 unspecified atom stereocenters. The first kappa shape index (κ1) is 17.2. The summed E-state index contributed by atoms with van der Waals surface area (Å²) in [6, 6.07) is 0. The van der Waals surface area contributed by atoms with Crippen LogP contribution in [0.25, 0.3) is 0 Å². The molecule has 0 spiro atoms. The summed E-state index contributed by atoms with van der Waals surface area (Å²) in [4.78, 5) is 37.4. The minimum absolute atomic E-state index is 0.153. The van der Waals surface area contributed by atoms with Crippen molar-refractivity contribution in [2.24, 2.45) is 17.8 Å². The van der Waals surface area contributed by atoms with Gasteiger partial charge in [0.05, 0.1) is 6.10 Å². The number of aliphatic hydroxyl groups is 4. The van der Waals surface area contributed by atoms with E-state index in [1.165, 1.54) is 0 Å². The van der Waals surface area contributed by atoms with Crippen LogP contribution in [-0.4, -0.2) is 61.7 Å². The second kappa shape index (κ2) is 5.40. The Labute approximate surface area is 148 Å². The van der Waals surface area contributed by atoms with Crippen molar-refractivity contribution in [1.29, 1.82) is 0 Å². The van der Waals surface area contributed by atoms with Gasteiger partial charge in [-0.25, -0.2) is 0 Å². The Morgan fingerprint density at radius 3 is 2.42 bits per heavy atom. The molecule has 7 atom stereocenters. The lowest BCUT2D eigenvalue weighted by molar-refractivity contribution is -0.213. The van der Waals surface area contributed by atoms with Crippen molar-refractivity contribution in [3.63, 3.8) is 0 Å². The minimum Gasteiger partial charge on any atom is -0.389 e. The molecule has 4 N–H and O–H groups in total. The molecule has 7 heteroatoms. The van der Waals surface area contributed by atoms with Crippen molar-refractivity contribution in [2.75, 3.05) is 0 Å². The standard InChI is InChI=1S/C19H18O7/c1-7-9-5-3-2-4-8(9)6-10-11(7)17(24)19(26)12(13(10)20)14(21)15(22)16(23)18(19)25/h2-6,8,11-12,15,17-18,22,24-26H,1H3. The van der Waals surface area contributed by atoms with Crippen LogP contribution in [0.15, 0.2) is 47.1 Å². The molecule has 0 aromatic rings. The van der Waals surface area contributed by atoms with Gasteiger partial charge in [0.2, 0.25) is 0 Å². The summed E-state index contributed by atoms with van der Waals surface area (Å²) in [5.41, 5.74) is -1.05. The second-order valence-corrected chi connectivity index (χ2v) is 7.25. The summed E-state index contributed by atoms with van der Waals surface area (Å²) < 4.78 is 0. The van der Waals surface area contributed by atoms with Crippen LogP contribution in [0.4, 0.5) is 0 Å². The largest absolute Gasteiger partial charge is 0.389 e. The van der Waals surface area contributed by atoms with Crippen LogP contribution < -0.4 is 0 Å². The lowest BCUT2D eigenvalue weighted by atomic mass is 9.55. The van der Waals surface area contributed by atoms with Gasteiger partial charge in [0.1, 0.15) is 17.6 Å². The number of carbonyl (C=O) groups is 3. The molecule has 0 amide bonds. The number of hydrogen-bond acceptors (Lipinski definition) is 7. The van der Waals surface area contributed by atoms with E-state index in [4.69, 9.17) is 0 Å². The lowest BCUT2D eigenvalue weighted by Crippen LogP contribution is -2.75. The lowest BCUT2D eigenvalue weighted by Gasteiger charge is -2.52. The van der Waals surface area contributed by atoms with Gasteiger partial charge in [-0.15, -0.1) is 0 Å². The number of allylic oxidation sites excluding steroid dienone is 6. The average Bonchev–Trinajstić information content (AvgIpc) is 2.63. The summed E-state index contributed by atoms with van der Waals surface area (Å²) in [5, 5.41) is 41.8. The van der Waals surface area contributed by atoms with E-state index in [9.17, 15) is 34.8 Å². The highest BCUT2D eigenvalue weighted by molar-refractivity contribution is 6.22. The average molecular weight is 358 g/mol. The Balaban J connectivity index is 1.91. The molecule has 0 saturated heterocycles. The van der Waals surface area contributed by atoms with Gasteiger partial charge in [-0.1, -0.05) is 36.0 Å². The normalized spacial score (nSPS) is 44.5. The number of fused-ring (bicyclic) bond motifs is 3. The van der Waals surface area contributed by atoms with E-state index < -0.39 is 53.1 Å². The molecular weight excluding hydrogens is 340 g/mol. The second-order valence-electron chi connectivity index (χ2n) is 7.25. The van der Waals surface area contributed by atoms with Crippen molar-refractivity contribution in [1.82, 2.24) is 0 Å². The van der Waals surface area contributed by atoms with E-state index in [1.807, 2.05) is 24.3 Å². The molecule has 26 heavy (non-hydrogen) atoms. The monoisotopic (exact) mass is 358 g/mol. The molecule has 0 heterocycles. The Morgan fingerprint density at radius 1 is 1.04 bits per heavy atom. The number of carbonyl (C=O) groups excluding carboxylic acids is 3. The molecule has 2 saturated carbocycles. The number of hydrogen-bond donors (Lipinski definition) is 4. The van der Waals surface area contributed by atoms with E-state index in [1.54, 1.807) is 13.0 Å². The maximum Gasteiger partial charge on any atom is 0.200 e. The quantitative estimate of drug-likeness (QED) is 0.399. The summed E-state index contributed by atoms with van der Waals surface area (Å²) in [7, 11) is 0. The predicted molar refractivity (Wildman–Crippen MR) is 87.5 cm³/mol. The first-order valence-corrected chi connectivity index (χ1v) is 8.36. The fraction of sp³-hybridized carbons (Fsp3) is 0.421. The number of aliphatic hydroxyl groups excluding tert-OH is 3. The molecule has 0 bridgehead atoms. The molecule has 0 aromatic carbocycles. The molecule has 136 valence electrons. The summed E-state index contributed by atoms with van der Waals surface area (Å²) in [5.74, 6) is -6.33. The van der Waals surface area contributed by atoms with Crippen molar-refractivity contribution in [3.05, 3.63) is 47.1 Å². The summed E-state index contributed by atoms with van der Waals surface area (Å²) >= 11 is 0. The molecule has 4 aliphatic rings. The van der Waals surface area contributed by atoms with Crippen LogP contribution in [0, 0.1) is 17.8 Å². The Hall–Kier alpha value is -2.19. The van der Waals surface area contributed by atoms with Gasteiger partial charge in [0.15, 0.2) is 23.5 Å². The first-order chi connectivity index (χ1) is 12.2. The number of rotatable bonds is 0. The van der Waals surface area contributed by atoms with E-state index >= 15 is 0 Å². The van der Waals surface area contributed by atoms with Crippen LogP contribution in [0.5, 0.6) is 0 Å². The highest BCUT2D eigenvalue weighted by atomic mass is 16.4. The van der Waals surface area contributed by atoms with Gasteiger partial charge in [-0.2, -0.15) is 0 Å². The Kier molecular flexibility index (Phi) is 3.58. The zero-order valence-corrected chi connectivity index (χ0v) is 13.9. The minimum atomic E-state index is -2.67. The highest BCUT2D eigenvalue weighted by Gasteiger charge is 2.68. The van der Waals surface area contributed by atoms with Crippen molar-refractivity contribution >= 4 is 17.3 Å². The van der Waals surface area contributed by atoms with Crippen LogP contribution >= 0.6 is 0 Å². The molecular formula is C19H18O7. The van der Waals surface area contributed by atoms with E-state index in [-0.39, 0.29) is 11.5 Å². The zero-order chi connectivity index (χ0) is 19.0. The molecule has 2 fully saturated rings. The topological polar surface area (TPSA) is 132 Å². The van der Waals surface area contributed by atoms with Gasteiger partial charge in [0.25, 0.3) is 0 Å². The van der Waals surface area contributed by atoms with Crippen LogP contribution in [0.1, 0.15) is 6.92 Å². The smallest absolute Gasteiger partial charge is 0.200 e. The maximum absolute atomic E-state index is 13.0. The third-order valence-electron chi connectivity index (χ3n) is 6.01. The first-order valence-electron chi connectivity index (χ1n) is 8.36. The van der Waals surface area contributed by atoms with Crippen molar-refractivity contribution in [3.8, 4) is 0 Å². The third kappa shape index (κ3) is 1.88. The molecule has 4 aliphatic carbocycles. The van der Waals surface area contributed by atoms with Crippen LogP contribution in [0.3, 0.4) is 0 Å². The molecule has 0 aromatic heterocycles. The fourth-order valence-corrected chi connectivity index (χ4v) is 4.62. The summed E-state index contributed by atoms with van der Waals surface area (Å²) in [6.07, 6.45) is 2.75. The predicted octanol–water partition coefficient (Wildman–Crippen LogP) is -1.23. The van der Waals surface area contributed by atoms with Gasteiger partial charge < -0.3 is 20.4 Å². The maximum atomic E-state index is 13.0. The van der Waals surface area contributed by atoms with Crippen LogP contribution in [0.2, 0.25) is 0 Å². The van der Waals surface area contributed by atoms with Gasteiger partial charge in [0, 0.05) is 17.4 Å².